The molecule has 0 unspecified atom stereocenters. The average molecular weight is 591 g/mol. The molecule has 0 aromatic carbocycles. The second kappa shape index (κ2) is 11.4. The molecule has 7 atom stereocenters. The molecule has 0 aromatic rings. The summed E-state index contributed by atoms with van der Waals surface area (Å²) in [5, 5.41) is 12.2. The van der Waals surface area contributed by atoms with Gasteiger partial charge in [-0.1, -0.05) is 80.0 Å². The Morgan fingerprint density at radius 2 is 1.79 bits per heavy atom. The highest BCUT2D eigenvalue weighted by molar-refractivity contribution is 6.04. The zero-order chi connectivity index (χ0) is 32.1. The number of carbonyl (C=O) groups excluding carboxylic acids is 2. The van der Waals surface area contributed by atoms with Gasteiger partial charge in [-0.05, 0) is 91.8 Å². The second-order valence-corrected chi connectivity index (χ2v) is 15.6. The molecule has 0 radical (unpaired) electrons. The van der Waals surface area contributed by atoms with E-state index in [9.17, 15) is 28.0 Å². The number of nitriles is 1. The number of nitrogens with zero attached hydrogens (tertiary/aromatic N) is 1. The minimum atomic E-state index is -4.47. The quantitative estimate of drug-likeness (QED) is 0.273. The molecule has 42 heavy (non-hydrogen) atoms. The van der Waals surface area contributed by atoms with Gasteiger partial charge in [-0.2, -0.15) is 18.4 Å². The molecule has 4 nitrogen and oxygen atoms in total. The lowest BCUT2D eigenvalue weighted by atomic mass is 9.39. The molecule has 1 N–H and O–H groups in total. The molecule has 0 spiro atoms. The van der Waals surface area contributed by atoms with Crippen LogP contribution in [0.4, 0.5) is 13.2 Å². The van der Waals surface area contributed by atoms with E-state index in [4.69, 9.17) is 0 Å². The number of hydrogen-bond acceptors (Lipinski definition) is 3. The highest BCUT2D eigenvalue weighted by Gasteiger charge is 2.63. The smallest absolute Gasteiger partial charge is 0.346 e. The van der Waals surface area contributed by atoms with Gasteiger partial charge in [0.15, 0.2) is 5.78 Å². The van der Waals surface area contributed by atoms with Crippen molar-refractivity contribution in [2.24, 2.45) is 50.7 Å². The van der Waals surface area contributed by atoms with Crippen molar-refractivity contribution in [2.75, 3.05) is 6.54 Å². The van der Waals surface area contributed by atoms with E-state index in [1.807, 2.05) is 33.8 Å². The fourth-order valence-electron chi connectivity index (χ4n) is 9.80. The van der Waals surface area contributed by atoms with Gasteiger partial charge in [0.05, 0.1) is 11.0 Å². The lowest BCUT2D eigenvalue weighted by Gasteiger charge is -2.64. The van der Waals surface area contributed by atoms with Crippen molar-refractivity contribution in [3.63, 3.8) is 0 Å². The van der Waals surface area contributed by atoms with Crippen molar-refractivity contribution in [3.8, 4) is 6.07 Å². The molecule has 0 aliphatic heterocycles. The molecule has 0 aromatic heterocycles. The van der Waals surface area contributed by atoms with Gasteiger partial charge in [0, 0.05) is 5.41 Å². The molecule has 2 fully saturated rings. The zero-order valence-electron chi connectivity index (χ0n) is 27.4. The Morgan fingerprint density at radius 1 is 1.17 bits per heavy atom. The van der Waals surface area contributed by atoms with E-state index in [1.165, 1.54) is 0 Å². The summed E-state index contributed by atoms with van der Waals surface area (Å²) in [6, 6.07) is 2.20. The Hall–Kier alpha value is -2.10. The average Bonchev–Trinajstić information content (AvgIpc) is 3.22. The van der Waals surface area contributed by atoms with Crippen LogP contribution in [0, 0.1) is 62.1 Å². The van der Waals surface area contributed by atoms with Gasteiger partial charge >= 0.3 is 6.18 Å². The summed E-state index contributed by atoms with van der Waals surface area (Å²) < 4.78 is 39.4. The first kappa shape index (κ1) is 34.4. The van der Waals surface area contributed by atoms with E-state index < -0.39 is 29.5 Å². The molecule has 2 saturated carbocycles. The Morgan fingerprint density at radius 3 is 2.29 bits per heavy atom. The summed E-state index contributed by atoms with van der Waals surface area (Å²) in [5.41, 5.74) is -1.08. The van der Waals surface area contributed by atoms with Crippen LogP contribution in [-0.2, 0) is 9.59 Å². The number of rotatable bonds is 9. The molecule has 3 rings (SSSR count). The molecule has 0 heterocycles. The van der Waals surface area contributed by atoms with Crippen LogP contribution in [0.3, 0.4) is 0 Å². The standard InChI is InChI=1S/C35H53F3N2O2/c1-11-12-27-32(9)19-24(20-39)28(41)31(7,8)26(32)14-15-33(27,10)30(5,6)17-18-34(29(42)40-21-35(36,37)38)16-13-25(22(2)3)23(34)4/h19,23,25-27H,2,11-18,21H2,1,3-10H3,(H,40,42)/t23-,25-,26-,27+,32-,33+,34-/m0/s1. The van der Waals surface area contributed by atoms with Crippen molar-refractivity contribution < 1.29 is 22.8 Å². The van der Waals surface area contributed by atoms with Crippen molar-refractivity contribution in [2.45, 2.75) is 120 Å². The molecule has 7 heteroatoms. The van der Waals surface area contributed by atoms with Crippen LogP contribution in [-0.4, -0.2) is 24.4 Å². The summed E-state index contributed by atoms with van der Waals surface area (Å²) in [4.78, 5) is 26.9. The van der Waals surface area contributed by atoms with Crippen molar-refractivity contribution in [1.82, 2.24) is 5.32 Å². The molecule has 3 aliphatic carbocycles. The van der Waals surface area contributed by atoms with Gasteiger partial charge in [-0.15, -0.1) is 0 Å². The van der Waals surface area contributed by atoms with Crippen molar-refractivity contribution in [3.05, 3.63) is 23.8 Å². The van der Waals surface area contributed by atoms with Gasteiger partial charge in [-0.25, -0.2) is 0 Å². The summed E-state index contributed by atoms with van der Waals surface area (Å²) >= 11 is 0. The Kier molecular flexibility index (Phi) is 9.36. The second-order valence-electron chi connectivity index (χ2n) is 15.6. The number of halogens is 3. The first-order valence-electron chi connectivity index (χ1n) is 15.8. The minimum absolute atomic E-state index is 0.0697. The van der Waals surface area contributed by atoms with Crippen LogP contribution in [0.5, 0.6) is 0 Å². The fraction of sp³-hybridized carbons (Fsp3) is 0.800. The van der Waals surface area contributed by atoms with Crippen LogP contribution in [0.25, 0.3) is 0 Å². The van der Waals surface area contributed by atoms with Crippen LogP contribution >= 0.6 is 0 Å². The maximum absolute atomic E-state index is 13.6. The van der Waals surface area contributed by atoms with E-state index in [1.54, 1.807) is 0 Å². The lowest BCUT2D eigenvalue weighted by molar-refractivity contribution is -0.155. The summed E-state index contributed by atoms with van der Waals surface area (Å²) in [7, 11) is 0. The summed E-state index contributed by atoms with van der Waals surface area (Å²) in [6.07, 6.45) is 3.67. The van der Waals surface area contributed by atoms with Crippen LogP contribution in [0.15, 0.2) is 23.8 Å². The monoisotopic (exact) mass is 590 g/mol. The Bertz CT molecular complexity index is 1160. The lowest BCUT2D eigenvalue weighted by Crippen LogP contribution is -2.59. The van der Waals surface area contributed by atoms with Gasteiger partial charge in [0.1, 0.15) is 12.6 Å². The maximum atomic E-state index is 13.6. The third-order valence-electron chi connectivity index (χ3n) is 12.7. The third kappa shape index (κ3) is 5.61. The summed E-state index contributed by atoms with van der Waals surface area (Å²) in [5.74, 6) is -0.275. The fourth-order valence-corrected chi connectivity index (χ4v) is 9.80. The van der Waals surface area contributed by atoms with Gasteiger partial charge in [0.25, 0.3) is 0 Å². The molecule has 236 valence electrons. The molecular formula is C35H53F3N2O2. The Balaban J connectivity index is 2.01. The van der Waals surface area contributed by atoms with E-state index in [2.05, 4.69) is 52.6 Å². The SMILES string of the molecule is C=C(C)[C@@H]1CC[C@@](CCC(C)(C)[C@]2(C)CC[C@H]3C(C)(C)C(=O)C(C#N)=C[C@]3(C)[C@H]2CCC)(C(=O)NCC(F)(F)F)[C@H]1C. The highest BCUT2D eigenvalue weighted by atomic mass is 19.4. The van der Waals surface area contributed by atoms with E-state index in [0.29, 0.717) is 19.3 Å². The number of allylic oxidation sites excluding steroid dienone is 3. The number of amides is 1. The zero-order valence-corrected chi connectivity index (χ0v) is 27.4. The molecule has 0 saturated heterocycles. The Labute approximate surface area is 252 Å². The highest BCUT2D eigenvalue weighted by Crippen LogP contribution is 2.68. The first-order chi connectivity index (χ1) is 19.1. The number of Topliss-reactive ketones (excluding diaryl/α,β-unsaturated/α-hetero) is 1. The van der Waals surface area contributed by atoms with E-state index >= 15 is 0 Å². The molecule has 3 aliphatic rings. The van der Waals surface area contributed by atoms with Gasteiger partial charge in [-0.3, -0.25) is 9.59 Å². The van der Waals surface area contributed by atoms with Crippen LogP contribution in [0.1, 0.15) is 114 Å². The third-order valence-corrected chi connectivity index (χ3v) is 12.7. The topological polar surface area (TPSA) is 70.0 Å². The predicted molar refractivity (Wildman–Crippen MR) is 161 cm³/mol. The molecule has 1 amide bonds. The number of carbonyl (C=O) groups is 2. The van der Waals surface area contributed by atoms with Crippen molar-refractivity contribution >= 4 is 11.7 Å². The summed E-state index contributed by atoms with van der Waals surface area (Å²) in [6.45, 7) is 22.0. The first-order valence-corrected chi connectivity index (χ1v) is 15.8. The van der Waals surface area contributed by atoms with Gasteiger partial charge in [0.2, 0.25) is 5.91 Å². The van der Waals surface area contributed by atoms with Crippen molar-refractivity contribution in [1.29, 1.82) is 5.26 Å². The number of hydrogen-bond donors (Lipinski definition) is 1. The van der Waals surface area contributed by atoms with E-state index in [0.717, 1.165) is 37.7 Å². The predicted octanol–water partition coefficient (Wildman–Crippen LogP) is 8.98. The number of alkyl halides is 3. The number of fused-ring (bicyclic) bond motifs is 1. The van der Waals surface area contributed by atoms with E-state index in [-0.39, 0.29) is 51.3 Å². The molecular weight excluding hydrogens is 537 g/mol. The maximum Gasteiger partial charge on any atom is 0.405 e. The molecule has 0 bridgehead atoms. The van der Waals surface area contributed by atoms with Gasteiger partial charge < -0.3 is 5.32 Å². The number of nitrogens with one attached hydrogen (secondary N) is 1. The minimum Gasteiger partial charge on any atom is -0.346 e. The van der Waals surface area contributed by atoms with Crippen LogP contribution < -0.4 is 5.32 Å². The van der Waals surface area contributed by atoms with Crippen LogP contribution in [0.2, 0.25) is 0 Å². The normalized spacial score (nSPS) is 36.5. The number of ketones is 1. The largest absolute Gasteiger partial charge is 0.405 e.